The van der Waals surface area contributed by atoms with E-state index in [1.807, 2.05) is 31.2 Å². The van der Waals surface area contributed by atoms with Crippen LogP contribution in [0, 0.1) is 0 Å². The molecule has 0 bridgehead atoms. The number of aliphatic hydroxyl groups is 1. The first-order chi connectivity index (χ1) is 9.02. The molecular weight excluding hydrogens is 240 g/mol. The molecule has 19 heavy (non-hydrogen) atoms. The fourth-order valence-electron chi connectivity index (χ4n) is 1.71. The van der Waals surface area contributed by atoms with Gasteiger partial charge in [-0.2, -0.15) is 0 Å². The molecule has 4 heteroatoms. The maximum absolute atomic E-state index is 11.7. The minimum atomic E-state index is -0.343. The highest BCUT2D eigenvalue weighted by atomic mass is 16.3. The first-order valence-electron chi connectivity index (χ1n) is 6.85. The second-order valence-electron chi connectivity index (χ2n) is 5.01. The molecule has 0 saturated heterocycles. The molecule has 0 saturated carbocycles. The quantitative estimate of drug-likeness (QED) is 0.739. The van der Waals surface area contributed by atoms with Crippen LogP contribution in [0.25, 0.3) is 0 Å². The van der Waals surface area contributed by atoms with Gasteiger partial charge in [-0.15, -0.1) is 0 Å². The molecule has 0 radical (unpaired) electrons. The number of urea groups is 1. The number of aliphatic hydroxyl groups excluding tert-OH is 1. The smallest absolute Gasteiger partial charge is 0.319 e. The van der Waals surface area contributed by atoms with E-state index in [9.17, 15) is 9.90 Å². The van der Waals surface area contributed by atoms with Crippen molar-refractivity contribution in [3.05, 3.63) is 29.8 Å². The first-order valence-corrected chi connectivity index (χ1v) is 6.85. The molecule has 1 aromatic rings. The minimum Gasteiger partial charge on any atom is -0.393 e. The molecule has 0 fully saturated rings. The monoisotopic (exact) mass is 264 g/mol. The number of hydrogen-bond acceptors (Lipinski definition) is 2. The van der Waals surface area contributed by atoms with Gasteiger partial charge < -0.3 is 15.7 Å². The van der Waals surface area contributed by atoms with Crippen LogP contribution in [-0.2, 0) is 0 Å². The Morgan fingerprint density at radius 2 is 2.11 bits per heavy atom. The second-order valence-corrected chi connectivity index (χ2v) is 5.01. The van der Waals surface area contributed by atoms with Gasteiger partial charge in [0.25, 0.3) is 0 Å². The Morgan fingerprint density at radius 3 is 2.74 bits per heavy atom. The van der Waals surface area contributed by atoms with Gasteiger partial charge in [-0.25, -0.2) is 4.79 Å². The third-order valence-corrected chi connectivity index (χ3v) is 3.05. The van der Waals surface area contributed by atoms with Crippen molar-refractivity contribution in [2.75, 3.05) is 11.9 Å². The van der Waals surface area contributed by atoms with Gasteiger partial charge in [0.2, 0.25) is 0 Å². The van der Waals surface area contributed by atoms with Crippen molar-refractivity contribution in [3.63, 3.8) is 0 Å². The van der Waals surface area contributed by atoms with E-state index in [4.69, 9.17) is 0 Å². The zero-order chi connectivity index (χ0) is 14.3. The summed E-state index contributed by atoms with van der Waals surface area (Å²) in [6.07, 6.45) is 0.944. The standard InChI is InChI=1S/C15H24N2O2/c1-4-14(18)8-9-16-15(19)17-13-7-5-6-12(10-13)11(2)3/h5-7,10-11,14,18H,4,8-9H2,1-3H3,(H2,16,17,19). The van der Waals surface area contributed by atoms with Crippen LogP contribution in [0.1, 0.15) is 45.1 Å². The van der Waals surface area contributed by atoms with E-state index < -0.39 is 0 Å². The summed E-state index contributed by atoms with van der Waals surface area (Å²) in [6, 6.07) is 7.60. The van der Waals surface area contributed by atoms with Crippen molar-refractivity contribution in [2.24, 2.45) is 0 Å². The second kappa shape index (κ2) is 7.79. The van der Waals surface area contributed by atoms with Gasteiger partial charge in [-0.1, -0.05) is 32.9 Å². The van der Waals surface area contributed by atoms with Crippen LogP contribution >= 0.6 is 0 Å². The Balaban J connectivity index is 2.42. The summed E-state index contributed by atoms with van der Waals surface area (Å²) in [5, 5.41) is 14.9. The summed E-state index contributed by atoms with van der Waals surface area (Å²) in [5.41, 5.74) is 1.99. The topological polar surface area (TPSA) is 61.4 Å². The summed E-state index contributed by atoms with van der Waals surface area (Å²) in [6.45, 7) is 6.63. The predicted molar refractivity (Wildman–Crippen MR) is 78.5 cm³/mol. The Bertz CT molecular complexity index is 405. The van der Waals surface area contributed by atoms with Crippen molar-refractivity contribution >= 4 is 11.7 Å². The van der Waals surface area contributed by atoms with Crippen LogP contribution in [0.5, 0.6) is 0 Å². The average molecular weight is 264 g/mol. The molecule has 4 nitrogen and oxygen atoms in total. The number of carbonyl (C=O) groups is 1. The Hall–Kier alpha value is -1.55. The number of anilines is 1. The molecule has 2 amide bonds. The largest absolute Gasteiger partial charge is 0.393 e. The molecule has 1 unspecified atom stereocenters. The van der Waals surface area contributed by atoms with Crippen LogP contribution in [0.4, 0.5) is 10.5 Å². The van der Waals surface area contributed by atoms with Crippen LogP contribution < -0.4 is 10.6 Å². The van der Waals surface area contributed by atoms with Crippen molar-refractivity contribution in [3.8, 4) is 0 Å². The predicted octanol–water partition coefficient (Wildman–Crippen LogP) is 3.09. The SMILES string of the molecule is CCC(O)CCNC(=O)Nc1cccc(C(C)C)c1. The fourth-order valence-corrected chi connectivity index (χ4v) is 1.71. The maximum Gasteiger partial charge on any atom is 0.319 e. The third-order valence-electron chi connectivity index (χ3n) is 3.05. The normalized spacial score (nSPS) is 12.3. The summed E-state index contributed by atoms with van der Waals surface area (Å²) in [7, 11) is 0. The van der Waals surface area contributed by atoms with E-state index in [-0.39, 0.29) is 12.1 Å². The lowest BCUT2D eigenvalue weighted by atomic mass is 10.0. The van der Waals surface area contributed by atoms with E-state index in [1.165, 1.54) is 5.56 Å². The molecule has 1 rings (SSSR count). The number of rotatable bonds is 6. The molecule has 3 N–H and O–H groups in total. The zero-order valence-electron chi connectivity index (χ0n) is 11.9. The van der Waals surface area contributed by atoms with Crippen molar-refractivity contribution in [1.29, 1.82) is 0 Å². The van der Waals surface area contributed by atoms with E-state index in [0.717, 1.165) is 5.69 Å². The number of amides is 2. The van der Waals surface area contributed by atoms with Crippen LogP contribution in [0.2, 0.25) is 0 Å². The van der Waals surface area contributed by atoms with Crippen LogP contribution in [-0.4, -0.2) is 23.8 Å². The lowest BCUT2D eigenvalue weighted by Gasteiger charge is -2.11. The van der Waals surface area contributed by atoms with E-state index >= 15 is 0 Å². The molecule has 0 heterocycles. The summed E-state index contributed by atoms with van der Waals surface area (Å²) in [5.74, 6) is 0.435. The third kappa shape index (κ3) is 5.75. The molecule has 0 aliphatic carbocycles. The van der Waals surface area contributed by atoms with E-state index in [0.29, 0.717) is 25.3 Å². The van der Waals surface area contributed by atoms with Gasteiger partial charge >= 0.3 is 6.03 Å². The zero-order valence-corrected chi connectivity index (χ0v) is 11.9. The first kappa shape index (κ1) is 15.5. The Labute approximate surface area is 115 Å². The van der Waals surface area contributed by atoms with E-state index in [2.05, 4.69) is 24.5 Å². The summed E-state index contributed by atoms with van der Waals surface area (Å²) >= 11 is 0. The fraction of sp³-hybridized carbons (Fsp3) is 0.533. The van der Waals surface area contributed by atoms with E-state index in [1.54, 1.807) is 0 Å². The minimum absolute atomic E-state index is 0.232. The number of nitrogens with one attached hydrogen (secondary N) is 2. The van der Waals surface area contributed by atoms with Crippen molar-refractivity contribution in [1.82, 2.24) is 5.32 Å². The molecule has 0 aromatic heterocycles. The molecule has 1 atom stereocenters. The number of carbonyl (C=O) groups excluding carboxylic acids is 1. The molecule has 106 valence electrons. The maximum atomic E-state index is 11.7. The molecular formula is C15H24N2O2. The Kier molecular flexibility index (Phi) is 6.36. The number of hydrogen-bond donors (Lipinski definition) is 3. The highest BCUT2D eigenvalue weighted by Crippen LogP contribution is 2.18. The highest BCUT2D eigenvalue weighted by molar-refractivity contribution is 5.89. The lowest BCUT2D eigenvalue weighted by Crippen LogP contribution is -2.31. The van der Waals surface area contributed by atoms with Gasteiger partial charge in [-0.3, -0.25) is 0 Å². The summed E-state index contributed by atoms with van der Waals surface area (Å²) in [4.78, 5) is 11.7. The van der Waals surface area contributed by atoms with Crippen LogP contribution in [0.15, 0.2) is 24.3 Å². The van der Waals surface area contributed by atoms with Gasteiger partial charge in [0.15, 0.2) is 0 Å². The average Bonchev–Trinajstić information content (AvgIpc) is 2.38. The summed E-state index contributed by atoms with van der Waals surface area (Å²) < 4.78 is 0. The Morgan fingerprint density at radius 1 is 1.37 bits per heavy atom. The molecule has 0 aliphatic heterocycles. The molecule has 1 aromatic carbocycles. The van der Waals surface area contributed by atoms with Crippen molar-refractivity contribution in [2.45, 2.75) is 45.6 Å². The van der Waals surface area contributed by atoms with Crippen molar-refractivity contribution < 1.29 is 9.90 Å². The van der Waals surface area contributed by atoms with Gasteiger partial charge in [0.1, 0.15) is 0 Å². The lowest BCUT2D eigenvalue weighted by molar-refractivity contribution is 0.160. The van der Waals surface area contributed by atoms with Crippen LogP contribution in [0.3, 0.4) is 0 Å². The molecule has 0 aliphatic rings. The van der Waals surface area contributed by atoms with Gasteiger partial charge in [0.05, 0.1) is 6.10 Å². The molecule has 0 spiro atoms. The van der Waals surface area contributed by atoms with Gasteiger partial charge in [-0.05, 0) is 36.5 Å². The highest BCUT2D eigenvalue weighted by Gasteiger charge is 2.05. The number of benzene rings is 1. The van der Waals surface area contributed by atoms with Gasteiger partial charge in [0, 0.05) is 12.2 Å².